The number of anilines is 1. The number of nitrogens with one attached hydrogen (secondary N) is 1. The first-order chi connectivity index (χ1) is 19.8. The van der Waals surface area contributed by atoms with Gasteiger partial charge in [0.2, 0.25) is 0 Å². The normalized spacial score (nSPS) is 17.2. The summed E-state index contributed by atoms with van der Waals surface area (Å²) in [6.07, 6.45) is 10.7. The maximum absolute atomic E-state index is 13.5. The van der Waals surface area contributed by atoms with Crippen LogP contribution in [0.3, 0.4) is 0 Å². The first-order valence-corrected chi connectivity index (χ1v) is 16.1. The number of hydrogen-bond donors (Lipinski definition) is 1. The predicted octanol–water partition coefficient (Wildman–Crippen LogP) is 6.26. The Kier molecular flexibility index (Phi) is 9.37. The van der Waals surface area contributed by atoms with Crippen molar-refractivity contribution < 1.29 is 13.2 Å². The highest BCUT2D eigenvalue weighted by Crippen LogP contribution is 2.40. The molecule has 1 aliphatic carbocycles. The van der Waals surface area contributed by atoms with E-state index in [0.717, 1.165) is 56.4 Å². The van der Waals surface area contributed by atoms with Crippen LogP contribution in [0.1, 0.15) is 66.4 Å². The minimum Gasteiger partial charge on any atom is -0.336 e. The van der Waals surface area contributed by atoms with Gasteiger partial charge in [0.15, 0.2) is 0 Å². The van der Waals surface area contributed by atoms with Crippen LogP contribution >= 0.6 is 11.6 Å². The first kappa shape index (κ1) is 29.2. The Hall–Kier alpha value is -3.27. The van der Waals surface area contributed by atoms with Gasteiger partial charge >= 0.3 is 0 Å². The van der Waals surface area contributed by atoms with Crippen LogP contribution < -0.4 is 4.72 Å². The Morgan fingerprint density at radius 2 is 1.78 bits per heavy atom. The maximum atomic E-state index is 13.5. The van der Waals surface area contributed by atoms with E-state index in [1.807, 2.05) is 23.2 Å². The Morgan fingerprint density at radius 3 is 2.46 bits per heavy atom. The lowest BCUT2D eigenvalue weighted by atomic mass is 9.83. The summed E-state index contributed by atoms with van der Waals surface area (Å²) in [5.74, 6) is 0.252. The molecule has 0 atom stereocenters. The predicted molar refractivity (Wildman–Crippen MR) is 164 cm³/mol. The zero-order chi connectivity index (χ0) is 28.8. The van der Waals surface area contributed by atoms with E-state index in [9.17, 15) is 13.2 Å². The van der Waals surface area contributed by atoms with Gasteiger partial charge in [0.05, 0.1) is 10.7 Å². The molecule has 1 N–H and O–H groups in total. The third-order valence-electron chi connectivity index (χ3n) is 7.83. The van der Waals surface area contributed by atoms with Crippen LogP contribution in [-0.2, 0) is 16.6 Å². The molecule has 2 fully saturated rings. The van der Waals surface area contributed by atoms with E-state index in [4.69, 9.17) is 11.6 Å². The molecule has 3 aromatic rings. The van der Waals surface area contributed by atoms with Crippen LogP contribution in [0.25, 0.3) is 0 Å². The van der Waals surface area contributed by atoms with Gasteiger partial charge in [0.25, 0.3) is 15.9 Å². The summed E-state index contributed by atoms with van der Waals surface area (Å²) in [6, 6.07) is 14.0. The molecule has 1 saturated heterocycles. The fraction of sp³-hybridized carbons (Fsp3) is 0.387. The summed E-state index contributed by atoms with van der Waals surface area (Å²) in [5.41, 5.74) is 3.49. The largest absolute Gasteiger partial charge is 0.336 e. The number of piperazine rings is 1. The van der Waals surface area contributed by atoms with Gasteiger partial charge in [-0.05, 0) is 73.2 Å². The highest BCUT2D eigenvalue weighted by atomic mass is 35.5. The zero-order valence-corrected chi connectivity index (χ0v) is 24.9. The standard InChI is InChI=1S/C31H36ClN5O3S/c1-2-34-30-28(24-7-4-3-5-8-24)9-6-10-29(30)41(39,40)35-27-13-11-25(12-14-27)31(38)37-17-15-36(16-18-37)22-23-19-26(32)21-33-20-23/h2,6,9-14,19-21,24,35H,3-5,7-8,15-18,22H2,1H3. The van der Waals surface area contributed by atoms with Crippen molar-refractivity contribution in [2.24, 2.45) is 4.99 Å². The number of carbonyl (C=O) groups excluding carboxylic acids is 1. The lowest BCUT2D eigenvalue weighted by Gasteiger charge is -2.34. The fourth-order valence-electron chi connectivity index (χ4n) is 5.75. The molecule has 0 spiro atoms. The summed E-state index contributed by atoms with van der Waals surface area (Å²) < 4.78 is 29.7. The van der Waals surface area contributed by atoms with Crippen LogP contribution in [0, 0.1) is 0 Å². The molecule has 1 amide bonds. The van der Waals surface area contributed by atoms with E-state index >= 15 is 0 Å². The first-order valence-electron chi connectivity index (χ1n) is 14.2. The van der Waals surface area contributed by atoms with Crippen molar-refractivity contribution in [2.45, 2.75) is 56.4 Å². The topological polar surface area (TPSA) is 95.0 Å². The lowest BCUT2D eigenvalue weighted by molar-refractivity contribution is 0.0628. The van der Waals surface area contributed by atoms with Crippen molar-refractivity contribution in [3.05, 3.63) is 82.6 Å². The third kappa shape index (κ3) is 7.15. The van der Waals surface area contributed by atoms with E-state index in [1.165, 1.54) is 6.42 Å². The summed E-state index contributed by atoms with van der Waals surface area (Å²) in [5, 5.41) is 0.616. The number of halogens is 1. The Morgan fingerprint density at radius 1 is 1.05 bits per heavy atom. The van der Waals surface area contributed by atoms with Crippen molar-refractivity contribution in [3.63, 3.8) is 0 Å². The molecule has 1 aliphatic heterocycles. The van der Waals surface area contributed by atoms with E-state index in [-0.39, 0.29) is 10.8 Å². The average molecular weight is 594 g/mol. The molecule has 0 radical (unpaired) electrons. The maximum Gasteiger partial charge on any atom is 0.264 e. The molecule has 5 rings (SSSR count). The van der Waals surface area contributed by atoms with Crippen molar-refractivity contribution in [1.82, 2.24) is 14.8 Å². The third-order valence-corrected chi connectivity index (χ3v) is 9.45. The lowest BCUT2D eigenvalue weighted by Crippen LogP contribution is -2.48. The van der Waals surface area contributed by atoms with Crippen molar-refractivity contribution in [1.29, 1.82) is 0 Å². The summed E-state index contributed by atoms with van der Waals surface area (Å²) in [6.45, 7) is 5.25. The summed E-state index contributed by atoms with van der Waals surface area (Å²) in [4.78, 5) is 26.1. The molecule has 0 unspecified atom stereocenters. The second-order valence-corrected chi connectivity index (χ2v) is 12.8. The number of carbonyl (C=O) groups is 1. The van der Waals surface area contributed by atoms with Gasteiger partial charge in [-0.2, -0.15) is 0 Å². The van der Waals surface area contributed by atoms with Crippen LogP contribution in [0.4, 0.5) is 11.4 Å². The van der Waals surface area contributed by atoms with Crippen molar-refractivity contribution >= 4 is 45.1 Å². The molecule has 41 heavy (non-hydrogen) atoms. The fourth-order valence-corrected chi connectivity index (χ4v) is 7.19. The Balaban J connectivity index is 1.23. The second-order valence-electron chi connectivity index (χ2n) is 10.7. The highest BCUT2D eigenvalue weighted by Gasteiger charge is 2.26. The molecule has 8 nitrogen and oxygen atoms in total. The van der Waals surface area contributed by atoms with Gasteiger partial charge in [-0.25, -0.2) is 8.42 Å². The van der Waals surface area contributed by atoms with Gasteiger partial charge in [0, 0.05) is 62.6 Å². The summed E-state index contributed by atoms with van der Waals surface area (Å²) in [7, 11) is -3.89. The van der Waals surface area contributed by atoms with E-state index < -0.39 is 10.0 Å². The molecule has 2 heterocycles. The van der Waals surface area contributed by atoms with E-state index in [1.54, 1.807) is 55.7 Å². The second kappa shape index (κ2) is 13.1. The number of para-hydroxylation sites is 1. The number of amides is 1. The van der Waals surface area contributed by atoms with Gasteiger partial charge in [-0.3, -0.25) is 24.4 Å². The van der Waals surface area contributed by atoms with Gasteiger partial charge in [0.1, 0.15) is 4.90 Å². The number of pyridine rings is 1. The molecule has 2 aliphatic rings. The Bertz CT molecular complexity index is 1500. The monoisotopic (exact) mass is 593 g/mol. The van der Waals surface area contributed by atoms with Gasteiger partial charge < -0.3 is 4.90 Å². The van der Waals surface area contributed by atoms with Gasteiger partial charge in [-0.15, -0.1) is 0 Å². The minimum atomic E-state index is -3.89. The molecular formula is C31H36ClN5O3S. The molecule has 1 saturated carbocycles. The van der Waals surface area contributed by atoms with Gasteiger partial charge in [-0.1, -0.05) is 43.0 Å². The van der Waals surface area contributed by atoms with Crippen LogP contribution in [0.5, 0.6) is 0 Å². The number of aromatic nitrogens is 1. The number of sulfonamides is 1. The molecular weight excluding hydrogens is 558 g/mol. The van der Waals surface area contributed by atoms with Crippen LogP contribution in [-0.4, -0.2) is 61.5 Å². The number of benzene rings is 2. The molecule has 0 bridgehead atoms. The zero-order valence-electron chi connectivity index (χ0n) is 23.3. The SMILES string of the molecule is CC=Nc1c(C2CCCCC2)cccc1S(=O)(=O)Nc1ccc(C(=O)N2CCN(Cc3cncc(Cl)c3)CC2)cc1. The Labute approximate surface area is 247 Å². The quantitative estimate of drug-likeness (QED) is 0.311. The molecule has 1 aromatic heterocycles. The van der Waals surface area contributed by atoms with Crippen LogP contribution in [0.15, 0.2) is 70.8 Å². The smallest absolute Gasteiger partial charge is 0.264 e. The number of aliphatic imine (C=N–C) groups is 1. The van der Waals surface area contributed by atoms with Crippen molar-refractivity contribution in [2.75, 3.05) is 30.9 Å². The molecule has 10 heteroatoms. The number of nitrogens with zero attached hydrogens (tertiary/aromatic N) is 4. The van der Waals surface area contributed by atoms with Crippen molar-refractivity contribution in [3.8, 4) is 0 Å². The molecule has 2 aromatic carbocycles. The number of hydrogen-bond acceptors (Lipinski definition) is 6. The minimum absolute atomic E-state index is 0.0665. The average Bonchev–Trinajstić information content (AvgIpc) is 2.98. The highest BCUT2D eigenvalue weighted by molar-refractivity contribution is 7.92. The number of rotatable bonds is 8. The molecule has 216 valence electrons. The van der Waals surface area contributed by atoms with Crippen LogP contribution in [0.2, 0.25) is 5.02 Å². The van der Waals surface area contributed by atoms with E-state index in [2.05, 4.69) is 19.6 Å². The summed E-state index contributed by atoms with van der Waals surface area (Å²) >= 11 is 6.05. The van der Waals surface area contributed by atoms with E-state index in [0.29, 0.717) is 41.0 Å².